The lowest BCUT2D eigenvalue weighted by Gasteiger charge is -2.35. The molecular weight excluding hydrogens is 288 g/mol. The molecule has 1 amide bonds. The molecule has 1 aliphatic carbocycles. The summed E-state index contributed by atoms with van der Waals surface area (Å²) < 4.78 is 0. The Labute approximate surface area is 140 Å². The van der Waals surface area contributed by atoms with E-state index in [1.807, 2.05) is 7.05 Å². The fourth-order valence-corrected chi connectivity index (χ4v) is 3.53. The molecule has 0 aromatic heterocycles. The fraction of sp³-hybridized carbons (Fsp3) is 0.778. The minimum atomic E-state index is -0.150. The number of likely N-dealkylation sites (tertiary alicyclic amines) is 1. The summed E-state index contributed by atoms with van der Waals surface area (Å²) in [5.41, 5.74) is 0.232. The zero-order valence-corrected chi connectivity index (χ0v) is 14.6. The Morgan fingerprint density at radius 1 is 1.17 bits per heavy atom. The van der Waals surface area contributed by atoms with Gasteiger partial charge in [0.25, 0.3) is 5.91 Å². The summed E-state index contributed by atoms with van der Waals surface area (Å²) in [7, 11) is 3.93. The van der Waals surface area contributed by atoms with Gasteiger partial charge < -0.3 is 15.1 Å². The number of carbonyl (C=O) groups excluding carboxylic acids is 1. The Balaban J connectivity index is 1.91. The van der Waals surface area contributed by atoms with Crippen molar-refractivity contribution < 1.29 is 4.79 Å². The minimum absolute atomic E-state index is 0.150. The molecule has 23 heavy (non-hydrogen) atoms. The van der Waals surface area contributed by atoms with Gasteiger partial charge in [-0.2, -0.15) is 5.26 Å². The second kappa shape index (κ2) is 8.93. The molecule has 128 valence electrons. The summed E-state index contributed by atoms with van der Waals surface area (Å²) in [4.78, 5) is 16.6. The molecule has 2 rings (SSSR count). The molecule has 1 heterocycles. The lowest BCUT2D eigenvalue weighted by atomic mass is 10.0. The average Bonchev–Trinajstić information content (AvgIpc) is 2.84. The summed E-state index contributed by atoms with van der Waals surface area (Å²) in [5.74, 6) is -0.150. The highest BCUT2D eigenvalue weighted by atomic mass is 16.2. The Bertz CT molecular complexity index is 452. The highest BCUT2D eigenvalue weighted by Gasteiger charge is 2.26. The summed E-state index contributed by atoms with van der Waals surface area (Å²) in [6.45, 7) is 2.02. The number of nitrogens with zero attached hydrogens (tertiary/aromatic N) is 3. The van der Waals surface area contributed by atoms with E-state index >= 15 is 0 Å². The van der Waals surface area contributed by atoms with Crippen LogP contribution in [0.4, 0.5) is 0 Å². The standard InChI is InChI=1S/C18H30N4O/c1-21-11-9-17(10-12-21)22(2)18(23)15(13-19)14-20-16-7-5-3-4-6-8-16/h14,16-17,20H,3-12H2,1-2H3/b15-14-. The Morgan fingerprint density at radius 2 is 1.78 bits per heavy atom. The Hall–Kier alpha value is -1.54. The van der Waals surface area contributed by atoms with Crippen LogP contribution in [0.25, 0.3) is 0 Å². The van der Waals surface area contributed by atoms with Gasteiger partial charge in [0.05, 0.1) is 0 Å². The molecule has 1 saturated heterocycles. The Morgan fingerprint density at radius 3 is 2.35 bits per heavy atom. The van der Waals surface area contributed by atoms with Crippen molar-refractivity contribution in [3.05, 3.63) is 11.8 Å². The van der Waals surface area contributed by atoms with Crippen molar-refractivity contribution in [2.45, 2.75) is 63.5 Å². The molecule has 5 nitrogen and oxygen atoms in total. The van der Waals surface area contributed by atoms with Crippen LogP contribution in [-0.4, -0.2) is 55.0 Å². The van der Waals surface area contributed by atoms with Crippen molar-refractivity contribution in [2.75, 3.05) is 27.2 Å². The first-order chi connectivity index (χ1) is 11.1. The van der Waals surface area contributed by atoms with Gasteiger partial charge in [0, 0.05) is 25.3 Å². The quantitative estimate of drug-likeness (QED) is 0.491. The van der Waals surface area contributed by atoms with Crippen molar-refractivity contribution >= 4 is 5.91 Å². The molecule has 2 aliphatic rings. The van der Waals surface area contributed by atoms with Crippen molar-refractivity contribution in [3.8, 4) is 6.07 Å². The summed E-state index contributed by atoms with van der Waals surface area (Å²) in [5, 5.41) is 12.7. The van der Waals surface area contributed by atoms with Crippen LogP contribution < -0.4 is 5.32 Å². The number of likely N-dealkylation sites (N-methyl/N-ethyl adjacent to an activating group) is 1. The lowest BCUT2D eigenvalue weighted by molar-refractivity contribution is -0.128. The van der Waals surface area contributed by atoms with E-state index in [0.717, 1.165) is 38.8 Å². The molecule has 0 bridgehead atoms. The van der Waals surface area contributed by atoms with Gasteiger partial charge in [-0.3, -0.25) is 4.79 Å². The second-order valence-corrected chi connectivity index (χ2v) is 6.98. The van der Waals surface area contributed by atoms with Crippen LogP contribution in [0.1, 0.15) is 51.4 Å². The fourth-order valence-electron chi connectivity index (χ4n) is 3.53. The Kier molecular flexibility index (Phi) is 6.91. The zero-order valence-electron chi connectivity index (χ0n) is 14.6. The van der Waals surface area contributed by atoms with Crippen molar-refractivity contribution in [1.29, 1.82) is 5.26 Å². The first-order valence-corrected chi connectivity index (χ1v) is 8.94. The predicted octanol–water partition coefficient (Wildman–Crippen LogP) is 2.26. The third-order valence-electron chi connectivity index (χ3n) is 5.23. The van der Waals surface area contributed by atoms with Crippen molar-refractivity contribution in [1.82, 2.24) is 15.1 Å². The maximum Gasteiger partial charge on any atom is 0.265 e. The third-order valence-corrected chi connectivity index (χ3v) is 5.23. The molecule has 5 heteroatoms. The largest absolute Gasteiger partial charge is 0.387 e. The van der Waals surface area contributed by atoms with Crippen LogP contribution >= 0.6 is 0 Å². The highest BCUT2D eigenvalue weighted by molar-refractivity contribution is 5.97. The summed E-state index contributed by atoms with van der Waals surface area (Å²) in [6, 6.07) is 2.73. The van der Waals surface area contributed by atoms with Gasteiger partial charge in [-0.15, -0.1) is 0 Å². The molecule has 1 N–H and O–H groups in total. The second-order valence-electron chi connectivity index (χ2n) is 6.98. The van der Waals surface area contributed by atoms with E-state index in [1.54, 1.807) is 11.1 Å². The van der Waals surface area contributed by atoms with Crippen LogP contribution in [0, 0.1) is 11.3 Å². The molecule has 1 saturated carbocycles. The molecule has 1 aliphatic heterocycles. The van der Waals surface area contributed by atoms with Crippen LogP contribution in [0.3, 0.4) is 0 Å². The van der Waals surface area contributed by atoms with Gasteiger partial charge in [-0.25, -0.2) is 0 Å². The molecule has 0 radical (unpaired) electrons. The predicted molar refractivity (Wildman–Crippen MR) is 91.6 cm³/mol. The van der Waals surface area contributed by atoms with Gasteiger partial charge >= 0.3 is 0 Å². The number of hydrogen-bond donors (Lipinski definition) is 1. The maximum absolute atomic E-state index is 12.6. The molecule has 0 aromatic carbocycles. The van der Waals surface area contributed by atoms with Crippen LogP contribution in [0.5, 0.6) is 0 Å². The first kappa shape index (κ1) is 17.8. The van der Waals surface area contributed by atoms with Gasteiger partial charge in [-0.05, 0) is 45.8 Å². The van der Waals surface area contributed by atoms with Crippen LogP contribution in [-0.2, 0) is 4.79 Å². The number of nitrogens with one attached hydrogen (secondary N) is 1. The average molecular weight is 318 g/mol. The van der Waals surface area contributed by atoms with E-state index in [4.69, 9.17) is 0 Å². The smallest absolute Gasteiger partial charge is 0.265 e. The van der Waals surface area contributed by atoms with Gasteiger partial charge in [0.2, 0.25) is 0 Å². The number of rotatable bonds is 4. The third kappa shape index (κ3) is 5.24. The van der Waals surface area contributed by atoms with Crippen LogP contribution in [0.2, 0.25) is 0 Å². The van der Waals surface area contributed by atoms with Crippen molar-refractivity contribution in [2.24, 2.45) is 0 Å². The van der Waals surface area contributed by atoms with E-state index in [1.165, 1.54) is 25.7 Å². The first-order valence-electron chi connectivity index (χ1n) is 8.94. The topological polar surface area (TPSA) is 59.4 Å². The SMILES string of the molecule is CN1CCC(N(C)C(=O)/C(C#N)=C\NC2CCCCCC2)CC1. The van der Waals surface area contributed by atoms with E-state index in [2.05, 4.69) is 23.3 Å². The van der Waals surface area contributed by atoms with E-state index in [0.29, 0.717) is 6.04 Å². The summed E-state index contributed by atoms with van der Waals surface area (Å²) >= 11 is 0. The highest BCUT2D eigenvalue weighted by Crippen LogP contribution is 2.18. The number of carbonyl (C=O) groups is 1. The molecular formula is C18H30N4O. The number of hydrogen-bond acceptors (Lipinski definition) is 4. The van der Waals surface area contributed by atoms with Crippen LogP contribution in [0.15, 0.2) is 11.8 Å². The molecule has 2 fully saturated rings. The number of nitriles is 1. The van der Waals surface area contributed by atoms with Gasteiger partial charge in [0.15, 0.2) is 0 Å². The molecule has 0 unspecified atom stereocenters. The summed E-state index contributed by atoms with van der Waals surface area (Å²) in [6.07, 6.45) is 10.9. The molecule has 0 spiro atoms. The van der Waals surface area contributed by atoms with Gasteiger partial charge in [0.1, 0.15) is 11.6 Å². The lowest BCUT2D eigenvalue weighted by Crippen LogP contribution is -2.45. The zero-order chi connectivity index (χ0) is 16.7. The number of amides is 1. The monoisotopic (exact) mass is 318 g/mol. The maximum atomic E-state index is 12.6. The van der Waals surface area contributed by atoms with E-state index < -0.39 is 0 Å². The van der Waals surface area contributed by atoms with E-state index in [9.17, 15) is 10.1 Å². The van der Waals surface area contributed by atoms with Crippen molar-refractivity contribution in [3.63, 3.8) is 0 Å². The van der Waals surface area contributed by atoms with Gasteiger partial charge in [-0.1, -0.05) is 25.7 Å². The molecule has 0 atom stereocenters. The van der Waals surface area contributed by atoms with E-state index in [-0.39, 0.29) is 17.5 Å². The normalized spacial score (nSPS) is 22.2. The number of piperidine rings is 1. The molecule has 0 aromatic rings. The minimum Gasteiger partial charge on any atom is -0.387 e.